The predicted molar refractivity (Wildman–Crippen MR) is 62.4 cm³/mol. The van der Waals surface area contributed by atoms with Crippen molar-refractivity contribution in [3.8, 4) is 0 Å². The Kier molecular flexibility index (Phi) is 3.04. The first-order chi connectivity index (χ1) is 7.29. The minimum absolute atomic E-state index is 0.955. The first-order valence-corrected chi connectivity index (χ1v) is 5.62. The molecule has 0 saturated heterocycles. The first kappa shape index (κ1) is 10.2. The Balaban J connectivity index is 2.12. The van der Waals surface area contributed by atoms with Gasteiger partial charge in [0.1, 0.15) is 5.84 Å². The summed E-state index contributed by atoms with van der Waals surface area (Å²) in [7, 11) is 1.95. The van der Waals surface area contributed by atoms with Gasteiger partial charge in [-0.1, -0.05) is 6.92 Å². The molecule has 1 aromatic heterocycles. The molecular weight excluding hydrogens is 188 g/mol. The van der Waals surface area contributed by atoms with Gasteiger partial charge in [-0.05, 0) is 19.3 Å². The Morgan fingerprint density at radius 3 is 3.00 bits per heavy atom. The molecule has 82 valence electrons. The normalized spacial score (nSPS) is 16.3. The van der Waals surface area contributed by atoms with E-state index in [0.29, 0.717) is 0 Å². The summed E-state index contributed by atoms with van der Waals surface area (Å²) in [6.07, 6.45) is 6.51. The quantitative estimate of drug-likeness (QED) is 0.804. The van der Waals surface area contributed by atoms with Crippen molar-refractivity contribution >= 4 is 11.5 Å². The highest BCUT2D eigenvalue weighted by atomic mass is 15.3. The van der Waals surface area contributed by atoms with Gasteiger partial charge in [0.2, 0.25) is 0 Å². The first-order valence-electron chi connectivity index (χ1n) is 5.62. The van der Waals surface area contributed by atoms with Crippen LogP contribution in [0.3, 0.4) is 0 Å². The molecule has 0 radical (unpaired) electrons. The zero-order valence-corrected chi connectivity index (χ0v) is 9.45. The summed E-state index contributed by atoms with van der Waals surface area (Å²) in [5, 5.41) is 7.78. The number of rotatable bonds is 2. The van der Waals surface area contributed by atoms with Crippen molar-refractivity contribution in [3.05, 3.63) is 11.9 Å². The molecule has 2 heterocycles. The number of nitrogens with one attached hydrogen (secondary N) is 1. The van der Waals surface area contributed by atoms with E-state index in [4.69, 9.17) is 0 Å². The number of aryl methyl sites for hydroxylation is 2. The zero-order valence-electron chi connectivity index (χ0n) is 9.45. The van der Waals surface area contributed by atoms with Crippen molar-refractivity contribution in [2.45, 2.75) is 32.6 Å². The van der Waals surface area contributed by atoms with Crippen LogP contribution in [0, 0.1) is 0 Å². The minimum atomic E-state index is 0.955. The summed E-state index contributed by atoms with van der Waals surface area (Å²) in [4.78, 5) is 4.48. The topological polar surface area (TPSA) is 42.2 Å². The summed E-state index contributed by atoms with van der Waals surface area (Å²) < 4.78 is 1.85. The standard InChI is InChI=1S/C11H18N4/c1-3-9-10(8-15(2)14-9)13-11-6-4-5-7-12-11/h8H,3-7H2,1-2H3,(H,12,13). The molecule has 0 aliphatic carbocycles. The Bertz CT molecular complexity index is 365. The van der Waals surface area contributed by atoms with Crippen LogP contribution in [0.5, 0.6) is 0 Å². The van der Waals surface area contributed by atoms with Crippen molar-refractivity contribution < 1.29 is 0 Å². The van der Waals surface area contributed by atoms with Gasteiger partial charge in [-0.25, -0.2) is 0 Å². The van der Waals surface area contributed by atoms with E-state index >= 15 is 0 Å². The lowest BCUT2D eigenvalue weighted by atomic mass is 10.2. The highest BCUT2D eigenvalue weighted by Gasteiger charge is 2.09. The second kappa shape index (κ2) is 4.47. The molecule has 2 rings (SSSR count). The average molecular weight is 206 g/mol. The van der Waals surface area contributed by atoms with Crippen molar-refractivity contribution in [2.75, 3.05) is 11.9 Å². The van der Waals surface area contributed by atoms with Gasteiger partial charge in [-0.2, -0.15) is 5.10 Å². The number of aliphatic imine (C=N–C) groups is 1. The largest absolute Gasteiger partial charge is 0.341 e. The van der Waals surface area contributed by atoms with E-state index in [1.807, 2.05) is 17.9 Å². The summed E-state index contributed by atoms with van der Waals surface area (Å²) in [5.74, 6) is 1.11. The number of hydrogen-bond donors (Lipinski definition) is 1. The molecule has 1 aliphatic heterocycles. The zero-order chi connectivity index (χ0) is 10.7. The fraction of sp³-hybridized carbons (Fsp3) is 0.636. The average Bonchev–Trinajstić information content (AvgIpc) is 2.60. The van der Waals surface area contributed by atoms with Gasteiger partial charge >= 0.3 is 0 Å². The Morgan fingerprint density at radius 2 is 2.33 bits per heavy atom. The van der Waals surface area contributed by atoms with Gasteiger partial charge < -0.3 is 5.32 Å². The van der Waals surface area contributed by atoms with Gasteiger partial charge in [0.05, 0.1) is 11.4 Å². The van der Waals surface area contributed by atoms with Gasteiger partial charge in [0.15, 0.2) is 0 Å². The van der Waals surface area contributed by atoms with Crippen LogP contribution in [-0.4, -0.2) is 22.2 Å². The lowest BCUT2D eigenvalue weighted by Crippen LogP contribution is -2.16. The number of anilines is 1. The third-order valence-corrected chi connectivity index (χ3v) is 2.64. The van der Waals surface area contributed by atoms with Crippen LogP contribution in [0.2, 0.25) is 0 Å². The van der Waals surface area contributed by atoms with Crippen molar-refractivity contribution in [1.29, 1.82) is 0 Å². The minimum Gasteiger partial charge on any atom is -0.341 e. The Morgan fingerprint density at radius 1 is 1.47 bits per heavy atom. The van der Waals surface area contributed by atoms with E-state index in [1.54, 1.807) is 0 Å². The maximum atomic E-state index is 4.48. The number of hydrogen-bond acceptors (Lipinski definition) is 3. The van der Waals surface area contributed by atoms with E-state index < -0.39 is 0 Å². The van der Waals surface area contributed by atoms with Crippen LogP contribution >= 0.6 is 0 Å². The van der Waals surface area contributed by atoms with Crippen LogP contribution in [0.1, 0.15) is 31.9 Å². The Labute approximate surface area is 90.4 Å². The molecule has 1 N–H and O–H groups in total. The lowest BCUT2D eigenvalue weighted by Gasteiger charge is -2.13. The van der Waals surface area contributed by atoms with Gasteiger partial charge in [0, 0.05) is 26.2 Å². The predicted octanol–water partition coefficient (Wildman–Crippen LogP) is 1.98. The molecule has 0 aromatic carbocycles. The molecule has 0 fully saturated rings. The number of amidine groups is 1. The van der Waals surface area contributed by atoms with E-state index in [1.165, 1.54) is 12.8 Å². The Hall–Kier alpha value is -1.32. The number of nitrogens with zero attached hydrogens (tertiary/aromatic N) is 3. The van der Waals surface area contributed by atoms with Gasteiger partial charge in [-0.3, -0.25) is 9.67 Å². The van der Waals surface area contributed by atoms with Crippen LogP contribution in [-0.2, 0) is 13.5 Å². The molecule has 0 spiro atoms. The van der Waals surface area contributed by atoms with Crippen LogP contribution in [0.25, 0.3) is 0 Å². The van der Waals surface area contributed by atoms with Crippen molar-refractivity contribution in [1.82, 2.24) is 9.78 Å². The SMILES string of the molecule is CCc1nn(C)cc1NC1=NCCCC1. The third kappa shape index (κ3) is 2.37. The molecular formula is C11H18N4. The summed E-state index contributed by atoms with van der Waals surface area (Å²) in [6, 6.07) is 0. The van der Waals surface area contributed by atoms with E-state index in [-0.39, 0.29) is 0 Å². The maximum Gasteiger partial charge on any atom is 0.101 e. The van der Waals surface area contributed by atoms with Crippen LogP contribution in [0.4, 0.5) is 5.69 Å². The summed E-state index contributed by atoms with van der Waals surface area (Å²) in [6.45, 7) is 3.08. The van der Waals surface area contributed by atoms with E-state index in [2.05, 4.69) is 22.3 Å². The molecule has 0 saturated carbocycles. The van der Waals surface area contributed by atoms with E-state index in [9.17, 15) is 0 Å². The molecule has 0 unspecified atom stereocenters. The molecule has 0 amide bonds. The van der Waals surface area contributed by atoms with Crippen LogP contribution < -0.4 is 5.32 Å². The lowest BCUT2D eigenvalue weighted by molar-refractivity contribution is 0.737. The van der Waals surface area contributed by atoms with E-state index in [0.717, 1.165) is 36.6 Å². The summed E-state index contributed by atoms with van der Waals surface area (Å²) in [5.41, 5.74) is 2.23. The molecule has 15 heavy (non-hydrogen) atoms. The highest BCUT2D eigenvalue weighted by Crippen LogP contribution is 2.16. The van der Waals surface area contributed by atoms with Crippen molar-refractivity contribution in [2.24, 2.45) is 12.0 Å². The molecule has 1 aromatic rings. The second-order valence-corrected chi connectivity index (χ2v) is 3.93. The fourth-order valence-corrected chi connectivity index (χ4v) is 1.85. The maximum absolute atomic E-state index is 4.48. The summed E-state index contributed by atoms with van der Waals surface area (Å²) >= 11 is 0. The molecule has 1 aliphatic rings. The smallest absolute Gasteiger partial charge is 0.101 e. The molecule has 0 bridgehead atoms. The molecule has 4 heteroatoms. The fourth-order valence-electron chi connectivity index (χ4n) is 1.85. The number of aromatic nitrogens is 2. The van der Waals surface area contributed by atoms with Crippen LogP contribution in [0.15, 0.2) is 11.2 Å². The highest BCUT2D eigenvalue weighted by molar-refractivity contribution is 5.96. The monoisotopic (exact) mass is 206 g/mol. The third-order valence-electron chi connectivity index (χ3n) is 2.64. The molecule has 0 atom stereocenters. The van der Waals surface area contributed by atoms with Gasteiger partial charge in [0.25, 0.3) is 0 Å². The second-order valence-electron chi connectivity index (χ2n) is 3.93. The van der Waals surface area contributed by atoms with Crippen molar-refractivity contribution in [3.63, 3.8) is 0 Å². The van der Waals surface area contributed by atoms with Gasteiger partial charge in [-0.15, -0.1) is 0 Å². The molecule has 4 nitrogen and oxygen atoms in total.